The SMILES string of the molecule is CCCCOCCOc1ccc(B(O)O)c(F)c1. The van der Waals surface area contributed by atoms with Crippen LogP contribution in [0.25, 0.3) is 0 Å². The lowest BCUT2D eigenvalue weighted by Crippen LogP contribution is -2.32. The summed E-state index contributed by atoms with van der Waals surface area (Å²) in [5, 5.41) is 17.7. The van der Waals surface area contributed by atoms with Gasteiger partial charge in [0, 0.05) is 18.1 Å². The Balaban J connectivity index is 2.33. The van der Waals surface area contributed by atoms with E-state index in [1.165, 1.54) is 12.1 Å². The Morgan fingerprint density at radius 3 is 2.61 bits per heavy atom. The van der Waals surface area contributed by atoms with E-state index in [4.69, 9.17) is 19.5 Å². The normalized spacial score (nSPS) is 10.4. The molecule has 0 amide bonds. The third-order valence-corrected chi connectivity index (χ3v) is 2.39. The molecule has 0 fully saturated rings. The van der Waals surface area contributed by atoms with Crippen LogP contribution in [0.5, 0.6) is 5.75 Å². The summed E-state index contributed by atoms with van der Waals surface area (Å²) in [5.74, 6) is -0.356. The monoisotopic (exact) mass is 256 g/mol. The fourth-order valence-corrected chi connectivity index (χ4v) is 1.37. The Labute approximate surface area is 106 Å². The van der Waals surface area contributed by atoms with Crippen molar-refractivity contribution in [2.45, 2.75) is 19.8 Å². The van der Waals surface area contributed by atoms with E-state index in [2.05, 4.69) is 6.92 Å². The lowest BCUT2D eigenvalue weighted by molar-refractivity contribution is 0.0979. The highest BCUT2D eigenvalue weighted by molar-refractivity contribution is 6.58. The average molecular weight is 256 g/mol. The second kappa shape index (κ2) is 8.08. The van der Waals surface area contributed by atoms with Crippen molar-refractivity contribution in [2.75, 3.05) is 19.8 Å². The van der Waals surface area contributed by atoms with Gasteiger partial charge >= 0.3 is 7.12 Å². The summed E-state index contributed by atoms with van der Waals surface area (Å²) < 4.78 is 23.9. The van der Waals surface area contributed by atoms with Crippen LogP contribution < -0.4 is 10.2 Å². The molecule has 0 bridgehead atoms. The molecule has 0 heterocycles. The van der Waals surface area contributed by atoms with Gasteiger partial charge in [-0.15, -0.1) is 0 Å². The van der Waals surface area contributed by atoms with Crippen LogP contribution in [0.3, 0.4) is 0 Å². The second-order valence-corrected chi connectivity index (χ2v) is 3.87. The number of ether oxygens (including phenoxy) is 2. The van der Waals surface area contributed by atoms with Crippen molar-refractivity contribution in [2.24, 2.45) is 0 Å². The highest BCUT2D eigenvalue weighted by Gasteiger charge is 2.16. The van der Waals surface area contributed by atoms with E-state index < -0.39 is 12.9 Å². The van der Waals surface area contributed by atoms with E-state index in [-0.39, 0.29) is 5.46 Å². The predicted molar refractivity (Wildman–Crippen MR) is 67.4 cm³/mol. The second-order valence-electron chi connectivity index (χ2n) is 3.87. The van der Waals surface area contributed by atoms with Gasteiger partial charge in [0.25, 0.3) is 0 Å². The van der Waals surface area contributed by atoms with Crippen molar-refractivity contribution in [1.29, 1.82) is 0 Å². The molecule has 0 saturated heterocycles. The Hall–Kier alpha value is -1.11. The Morgan fingerprint density at radius 1 is 1.22 bits per heavy atom. The molecule has 1 rings (SSSR count). The minimum absolute atomic E-state index is 0.165. The van der Waals surface area contributed by atoms with Gasteiger partial charge in [-0.25, -0.2) is 4.39 Å². The molecule has 0 unspecified atom stereocenters. The van der Waals surface area contributed by atoms with Gasteiger partial charge in [-0.3, -0.25) is 0 Å². The third-order valence-electron chi connectivity index (χ3n) is 2.39. The largest absolute Gasteiger partial charge is 0.491 e. The standard InChI is InChI=1S/C12H18BFO4/c1-2-3-6-17-7-8-18-10-4-5-11(13(15)16)12(14)9-10/h4-5,9,15-16H,2-3,6-8H2,1H3. The summed E-state index contributed by atoms with van der Waals surface area (Å²) in [6, 6.07) is 3.90. The fourth-order valence-electron chi connectivity index (χ4n) is 1.37. The molecule has 0 radical (unpaired) electrons. The average Bonchev–Trinajstić information content (AvgIpc) is 2.33. The summed E-state index contributed by atoms with van der Waals surface area (Å²) in [5.41, 5.74) is -0.165. The van der Waals surface area contributed by atoms with Crippen molar-refractivity contribution >= 4 is 12.6 Å². The van der Waals surface area contributed by atoms with Gasteiger partial charge < -0.3 is 19.5 Å². The third kappa shape index (κ3) is 5.04. The first-order valence-electron chi connectivity index (χ1n) is 6.01. The Morgan fingerprint density at radius 2 is 2.00 bits per heavy atom. The molecular formula is C12H18BFO4. The van der Waals surface area contributed by atoms with Gasteiger partial charge in [0.1, 0.15) is 18.2 Å². The molecule has 0 aliphatic carbocycles. The molecule has 1 aromatic rings. The Bertz CT molecular complexity index is 360. The van der Waals surface area contributed by atoms with Gasteiger partial charge in [0.05, 0.1) is 6.61 Å². The zero-order valence-electron chi connectivity index (χ0n) is 10.4. The topological polar surface area (TPSA) is 58.9 Å². The fraction of sp³-hybridized carbons (Fsp3) is 0.500. The van der Waals surface area contributed by atoms with E-state index in [0.717, 1.165) is 18.9 Å². The molecule has 4 nitrogen and oxygen atoms in total. The van der Waals surface area contributed by atoms with Crippen LogP contribution in [0.4, 0.5) is 4.39 Å². The molecule has 100 valence electrons. The van der Waals surface area contributed by atoms with Crippen molar-refractivity contribution in [3.05, 3.63) is 24.0 Å². The minimum atomic E-state index is -1.81. The number of rotatable bonds is 8. The molecule has 2 N–H and O–H groups in total. The first-order valence-corrected chi connectivity index (χ1v) is 6.01. The van der Waals surface area contributed by atoms with E-state index in [1.807, 2.05) is 0 Å². The number of hydrogen-bond donors (Lipinski definition) is 2. The van der Waals surface area contributed by atoms with E-state index in [1.54, 1.807) is 0 Å². The molecule has 0 aliphatic heterocycles. The van der Waals surface area contributed by atoms with Crippen LogP contribution in [-0.4, -0.2) is 37.0 Å². The number of unbranched alkanes of at least 4 members (excludes halogenated alkanes) is 1. The number of hydrogen-bond acceptors (Lipinski definition) is 4. The highest BCUT2D eigenvalue weighted by Crippen LogP contribution is 2.10. The maximum atomic E-state index is 13.3. The molecule has 0 atom stereocenters. The van der Waals surface area contributed by atoms with Crippen LogP contribution in [0.2, 0.25) is 0 Å². The van der Waals surface area contributed by atoms with Crippen molar-refractivity contribution in [3.63, 3.8) is 0 Å². The molecular weight excluding hydrogens is 238 g/mol. The first-order chi connectivity index (χ1) is 8.65. The summed E-state index contributed by atoms with van der Waals surface area (Å²) in [4.78, 5) is 0. The first kappa shape index (κ1) is 15.0. The van der Waals surface area contributed by atoms with E-state index >= 15 is 0 Å². The maximum absolute atomic E-state index is 13.3. The summed E-state index contributed by atoms with van der Waals surface area (Å²) in [7, 11) is -1.81. The van der Waals surface area contributed by atoms with Gasteiger partial charge in [0.2, 0.25) is 0 Å². The smallest absolute Gasteiger partial charge is 0.491 e. The van der Waals surface area contributed by atoms with Gasteiger partial charge in [-0.2, -0.15) is 0 Å². The van der Waals surface area contributed by atoms with Gasteiger partial charge in [0.15, 0.2) is 0 Å². The lowest BCUT2D eigenvalue weighted by atomic mass is 9.80. The predicted octanol–water partition coefficient (Wildman–Crippen LogP) is 0.701. The van der Waals surface area contributed by atoms with Crippen LogP contribution in [0.1, 0.15) is 19.8 Å². The van der Waals surface area contributed by atoms with E-state index in [9.17, 15) is 4.39 Å². The summed E-state index contributed by atoms with van der Waals surface area (Å²) in [6.07, 6.45) is 2.09. The maximum Gasteiger partial charge on any atom is 0.491 e. The zero-order valence-corrected chi connectivity index (χ0v) is 10.4. The number of benzene rings is 1. The highest BCUT2D eigenvalue weighted by atomic mass is 19.1. The molecule has 0 aliphatic rings. The van der Waals surface area contributed by atoms with Crippen LogP contribution in [0.15, 0.2) is 18.2 Å². The molecule has 0 aromatic heterocycles. The molecule has 6 heteroatoms. The molecule has 18 heavy (non-hydrogen) atoms. The molecule has 0 saturated carbocycles. The van der Waals surface area contributed by atoms with E-state index in [0.29, 0.717) is 25.6 Å². The minimum Gasteiger partial charge on any atom is -0.491 e. The van der Waals surface area contributed by atoms with Crippen molar-refractivity contribution in [1.82, 2.24) is 0 Å². The summed E-state index contributed by atoms with van der Waals surface area (Å²) in [6.45, 7) is 3.57. The van der Waals surface area contributed by atoms with Crippen LogP contribution in [-0.2, 0) is 4.74 Å². The number of halogens is 1. The van der Waals surface area contributed by atoms with Gasteiger partial charge in [-0.05, 0) is 12.5 Å². The molecule has 0 spiro atoms. The van der Waals surface area contributed by atoms with Crippen molar-refractivity contribution in [3.8, 4) is 5.75 Å². The quantitative estimate of drug-likeness (QED) is 0.531. The van der Waals surface area contributed by atoms with Gasteiger partial charge in [-0.1, -0.05) is 19.4 Å². The molecule has 1 aromatic carbocycles. The van der Waals surface area contributed by atoms with Crippen LogP contribution in [0, 0.1) is 5.82 Å². The van der Waals surface area contributed by atoms with Crippen molar-refractivity contribution < 1.29 is 23.9 Å². The van der Waals surface area contributed by atoms with Crippen LogP contribution >= 0.6 is 0 Å². The summed E-state index contributed by atoms with van der Waals surface area (Å²) >= 11 is 0. The Kier molecular flexibility index (Phi) is 6.71. The zero-order chi connectivity index (χ0) is 13.4. The lowest BCUT2D eigenvalue weighted by Gasteiger charge is -2.08.